The molecular weight excluding hydrogens is 649 g/mol. The number of nitrogens with zero attached hydrogens (tertiary/aromatic N) is 2. The predicted molar refractivity (Wildman–Crippen MR) is 181 cm³/mol. The second-order valence-electron chi connectivity index (χ2n) is 11.4. The van der Waals surface area contributed by atoms with Crippen LogP contribution in [0.25, 0.3) is 0 Å². The first-order valence-corrected chi connectivity index (χ1v) is 17.5. The summed E-state index contributed by atoms with van der Waals surface area (Å²) < 4.78 is 40.3. The average Bonchev–Trinajstić information content (AvgIpc) is 3.05. The van der Waals surface area contributed by atoms with Crippen LogP contribution in [-0.4, -0.2) is 58.0 Å². The molecule has 0 aromatic heterocycles. The van der Waals surface area contributed by atoms with Gasteiger partial charge in [0.05, 0.1) is 34.8 Å². The molecule has 0 unspecified atom stereocenters. The van der Waals surface area contributed by atoms with Crippen LogP contribution in [0.4, 0.5) is 5.69 Å². The summed E-state index contributed by atoms with van der Waals surface area (Å²) in [6.45, 7) is 3.18. The molecule has 3 aromatic carbocycles. The molecule has 46 heavy (non-hydrogen) atoms. The molecule has 4 rings (SSSR count). The largest absolute Gasteiger partial charge is 0.493 e. The number of amides is 2. The Bertz CT molecular complexity index is 1630. The number of methoxy groups -OCH3 is 2. The number of sulfonamides is 1. The Morgan fingerprint density at radius 3 is 2.20 bits per heavy atom. The number of hydrogen-bond donors (Lipinski definition) is 1. The van der Waals surface area contributed by atoms with Gasteiger partial charge in [0, 0.05) is 18.7 Å². The average molecular weight is 691 g/mol. The molecule has 9 nitrogen and oxygen atoms in total. The summed E-state index contributed by atoms with van der Waals surface area (Å²) in [5.41, 5.74) is 1.87. The van der Waals surface area contributed by atoms with Crippen molar-refractivity contribution in [2.75, 3.05) is 25.1 Å². The second-order valence-corrected chi connectivity index (χ2v) is 14.1. The minimum atomic E-state index is -4.30. The zero-order valence-corrected chi connectivity index (χ0v) is 28.9. The van der Waals surface area contributed by atoms with Gasteiger partial charge in [-0.15, -0.1) is 0 Å². The van der Waals surface area contributed by atoms with Crippen LogP contribution in [0, 0.1) is 6.92 Å². The maximum absolute atomic E-state index is 14.4. The van der Waals surface area contributed by atoms with E-state index in [1.807, 2.05) is 13.8 Å². The van der Waals surface area contributed by atoms with Crippen molar-refractivity contribution >= 4 is 50.7 Å². The number of ether oxygens (including phenoxy) is 2. The lowest BCUT2D eigenvalue weighted by Crippen LogP contribution is -2.54. The van der Waals surface area contributed by atoms with E-state index in [0.29, 0.717) is 33.5 Å². The van der Waals surface area contributed by atoms with Crippen LogP contribution >= 0.6 is 23.2 Å². The number of rotatable bonds is 13. The van der Waals surface area contributed by atoms with Gasteiger partial charge in [0.25, 0.3) is 10.0 Å². The number of aryl methyl sites for hydroxylation is 1. The first kappa shape index (κ1) is 35.4. The van der Waals surface area contributed by atoms with E-state index in [9.17, 15) is 18.0 Å². The van der Waals surface area contributed by atoms with E-state index in [1.54, 1.807) is 42.5 Å². The molecule has 1 fully saturated rings. The lowest BCUT2D eigenvalue weighted by atomic mass is 9.95. The first-order chi connectivity index (χ1) is 22.0. The molecule has 1 N–H and O–H groups in total. The lowest BCUT2D eigenvalue weighted by Gasteiger charge is -2.34. The van der Waals surface area contributed by atoms with E-state index in [4.69, 9.17) is 32.7 Å². The van der Waals surface area contributed by atoms with E-state index in [0.717, 1.165) is 42.0 Å². The van der Waals surface area contributed by atoms with Gasteiger partial charge < -0.3 is 19.7 Å². The molecule has 0 spiro atoms. The van der Waals surface area contributed by atoms with Crippen molar-refractivity contribution in [2.24, 2.45) is 0 Å². The summed E-state index contributed by atoms with van der Waals surface area (Å²) in [4.78, 5) is 29.5. The van der Waals surface area contributed by atoms with Crippen LogP contribution in [0.1, 0.15) is 56.6 Å². The van der Waals surface area contributed by atoms with Gasteiger partial charge in [0.1, 0.15) is 12.6 Å². The molecule has 0 saturated heterocycles. The van der Waals surface area contributed by atoms with Crippen LogP contribution in [0.3, 0.4) is 0 Å². The monoisotopic (exact) mass is 689 g/mol. The zero-order chi connectivity index (χ0) is 33.4. The summed E-state index contributed by atoms with van der Waals surface area (Å²) in [7, 11) is -1.43. The predicted octanol–water partition coefficient (Wildman–Crippen LogP) is 6.77. The van der Waals surface area contributed by atoms with E-state index in [2.05, 4.69) is 5.32 Å². The molecule has 0 radical (unpaired) electrons. The van der Waals surface area contributed by atoms with Gasteiger partial charge in [-0.2, -0.15) is 0 Å². The van der Waals surface area contributed by atoms with Crippen molar-refractivity contribution in [1.82, 2.24) is 10.2 Å². The van der Waals surface area contributed by atoms with Crippen molar-refractivity contribution in [3.8, 4) is 11.5 Å². The Morgan fingerprint density at radius 2 is 1.59 bits per heavy atom. The summed E-state index contributed by atoms with van der Waals surface area (Å²) >= 11 is 12.5. The highest BCUT2D eigenvalue weighted by molar-refractivity contribution is 7.92. The zero-order valence-electron chi connectivity index (χ0n) is 26.6. The SMILES string of the molecule is CC[C@@H](C(=O)NC1CCCCC1)N(Cc1ccc(Cl)c(Cl)c1)C(=O)CN(c1ccc(C)cc1)S(=O)(=O)c1ccc(OC)c(OC)c1. The summed E-state index contributed by atoms with van der Waals surface area (Å²) in [6, 6.07) is 15.3. The van der Waals surface area contributed by atoms with Gasteiger partial charge in [0.15, 0.2) is 11.5 Å². The number of benzene rings is 3. The third-order valence-corrected chi connectivity index (χ3v) is 10.7. The highest BCUT2D eigenvalue weighted by Crippen LogP contribution is 2.33. The Balaban J connectivity index is 1.74. The third-order valence-electron chi connectivity index (χ3n) is 8.22. The molecule has 248 valence electrons. The van der Waals surface area contributed by atoms with E-state index in [-0.39, 0.29) is 29.1 Å². The first-order valence-electron chi connectivity index (χ1n) is 15.3. The van der Waals surface area contributed by atoms with Crippen molar-refractivity contribution in [3.63, 3.8) is 0 Å². The minimum absolute atomic E-state index is 0.0183. The maximum atomic E-state index is 14.4. The third kappa shape index (κ3) is 8.46. The smallest absolute Gasteiger partial charge is 0.264 e. The van der Waals surface area contributed by atoms with E-state index < -0.39 is 28.5 Å². The van der Waals surface area contributed by atoms with Crippen molar-refractivity contribution in [3.05, 3.63) is 81.8 Å². The summed E-state index contributed by atoms with van der Waals surface area (Å²) in [5, 5.41) is 3.81. The molecule has 1 aliphatic rings. The second kappa shape index (κ2) is 15.9. The number of hydrogen-bond acceptors (Lipinski definition) is 6. The number of carbonyl (C=O) groups is 2. The Morgan fingerprint density at radius 1 is 0.913 bits per heavy atom. The highest BCUT2D eigenvalue weighted by Gasteiger charge is 2.35. The van der Waals surface area contributed by atoms with Crippen molar-refractivity contribution in [1.29, 1.82) is 0 Å². The topological polar surface area (TPSA) is 105 Å². The fourth-order valence-electron chi connectivity index (χ4n) is 5.64. The molecule has 0 heterocycles. The number of halogens is 2. The van der Waals surface area contributed by atoms with Gasteiger partial charge in [-0.3, -0.25) is 13.9 Å². The molecular formula is C34H41Cl2N3O6S. The fourth-order valence-corrected chi connectivity index (χ4v) is 7.39. The Hall–Kier alpha value is -3.47. The van der Waals surface area contributed by atoms with Gasteiger partial charge in [0.2, 0.25) is 11.8 Å². The summed E-state index contributed by atoms with van der Waals surface area (Å²) in [5.74, 6) is -0.235. The molecule has 1 aliphatic carbocycles. The molecule has 2 amide bonds. The normalized spacial score (nSPS) is 14.3. The molecule has 3 aromatic rings. The van der Waals surface area contributed by atoms with Crippen molar-refractivity contribution in [2.45, 2.75) is 75.9 Å². The minimum Gasteiger partial charge on any atom is -0.493 e. The Labute approximate surface area is 281 Å². The lowest BCUT2D eigenvalue weighted by molar-refractivity contribution is -0.140. The quantitative estimate of drug-likeness (QED) is 0.212. The van der Waals surface area contributed by atoms with Gasteiger partial charge in [-0.25, -0.2) is 8.42 Å². The van der Waals surface area contributed by atoms with Crippen LogP contribution in [-0.2, 0) is 26.2 Å². The van der Waals surface area contributed by atoms with Crippen molar-refractivity contribution < 1.29 is 27.5 Å². The highest BCUT2D eigenvalue weighted by atomic mass is 35.5. The number of anilines is 1. The van der Waals surface area contributed by atoms with Gasteiger partial charge in [-0.1, -0.05) is 73.2 Å². The maximum Gasteiger partial charge on any atom is 0.264 e. The van der Waals surface area contributed by atoms with Crippen LogP contribution in [0.15, 0.2) is 65.6 Å². The fraction of sp³-hybridized carbons (Fsp3) is 0.412. The van der Waals surface area contributed by atoms with E-state index in [1.165, 1.54) is 37.3 Å². The molecule has 0 aliphatic heterocycles. The standard InChI is InChI=1S/C34H41Cl2N3O6S/c1-5-30(34(41)37-25-9-7-6-8-10-25)38(21-24-13-17-28(35)29(36)19-24)33(40)22-39(26-14-11-23(2)12-15-26)46(42,43)27-16-18-31(44-3)32(20-27)45-4/h11-20,25,30H,5-10,21-22H2,1-4H3,(H,37,41)/t30-/m0/s1. The summed E-state index contributed by atoms with van der Waals surface area (Å²) in [6.07, 6.45) is 5.29. The van der Waals surface area contributed by atoms with E-state index >= 15 is 0 Å². The molecule has 1 saturated carbocycles. The molecule has 0 bridgehead atoms. The van der Waals surface area contributed by atoms with Crippen LogP contribution in [0.5, 0.6) is 11.5 Å². The van der Waals surface area contributed by atoms with Gasteiger partial charge >= 0.3 is 0 Å². The molecule has 1 atom stereocenters. The number of carbonyl (C=O) groups excluding carboxylic acids is 2. The van der Waals surface area contributed by atoms with Crippen LogP contribution < -0.4 is 19.1 Å². The Kier molecular flexibility index (Phi) is 12.2. The molecule has 12 heteroatoms. The number of nitrogens with one attached hydrogen (secondary N) is 1. The van der Waals surface area contributed by atoms with Crippen LogP contribution in [0.2, 0.25) is 10.0 Å². The van der Waals surface area contributed by atoms with Gasteiger partial charge in [-0.05, 0) is 68.1 Å².